The van der Waals surface area contributed by atoms with E-state index in [1.54, 1.807) is 7.05 Å². The van der Waals surface area contributed by atoms with E-state index < -0.39 is 36.5 Å². The molecule has 3 heterocycles. The number of aliphatic hydroxyl groups is 1. The zero-order chi connectivity index (χ0) is 27.2. The van der Waals surface area contributed by atoms with Crippen molar-refractivity contribution in [2.75, 3.05) is 7.11 Å². The van der Waals surface area contributed by atoms with E-state index in [0.29, 0.717) is 0 Å². The Kier molecular flexibility index (Phi) is 6.84. The standard InChI is InChI=1S/C24H19ClF6N4O2/c1-35-12-32-11-19(35)23(36,14-6-8-33-18(10-14)24(29,30)31)13-3-4-17-16(9-13)20(25)15(21(34-17)37-2)5-7-22(26,27)28/h3-4,6,8-12,36H,5,7H2,1-2H3/t23-/m0/s1. The third-order valence-electron chi connectivity index (χ3n) is 5.90. The van der Waals surface area contributed by atoms with Crippen molar-refractivity contribution < 1.29 is 36.2 Å². The highest BCUT2D eigenvalue weighted by molar-refractivity contribution is 6.36. The normalized spacial score (nSPS) is 14.1. The SMILES string of the molecule is COc1nc2ccc([C@](O)(c3ccnc(C(F)(F)F)c3)c3cncn3C)cc2c(Cl)c1CCC(F)(F)F. The van der Waals surface area contributed by atoms with Gasteiger partial charge in [-0.25, -0.2) is 9.97 Å². The number of pyridine rings is 2. The molecular formula is C24H19ClF6N4O2. The van der Waals surface area contributed by atoms with E-state index in [0.717, 1.165) is 12.3 Å². The molecule has 1 N–H and O–H groups in total. The van der Waals surface area contributed by atoms with Gasteiger partial charge < -0.3 is 14.4 Å². The molecule has 0 aliphatic heterocycles. The number of nitrogens with zero attached hydrogens (tertiary/aromatic N) is 4. The van der Waals surface area contributed by atoms with Gasteiger partial charge in [-0.2, -0.15) is 26.3 Å². The molecule has 0 unspecified atom stereocenters. The predicted molar refractivity (Wildman–Crippen MR) is 122 cm³/mol. The fourth-order valence-corrected chi connectivity index (χ4v) is 4.43. The average Bonchev–Trinajstić information content (AvgIpc) is 3.27. The van der Waals surface area contributed by atoms with Crippen LogP contribution in [0.4, 0.5) is 26.3 Å². The van der Waals surface area contributed by atoms with Gasteiger partial charge in [0.2, 0.25) is 5.88 Å². The van der Waals surface area contributed by atoms with Gasteiger partial charge in [0.25, 0.3) is 0 Å². The van der Waals surface area contributed by atoms with E-state index in [4.69, 9.17) is 16.3 Å². The van der Waals surface area contributed by atoms with E-state index in [1.807, 2.05) is 0 Å². The minimum Gasteiger partial charge on any atom is -0.481 e. The molecule has 1 atom stereocenters. The Labute approximate surface area is 211 Å². The van der Waals surface area contributed by atoms with Crippen molar-refractivity contribution >= 4 is 22.5 Å². The molecule has 196 valence electrons. The second kappa shape index (κ2) is 9.49. The van der Waals surface area contributed by atoms with Gasteiger partial charge in [0.05, 0.1) is 35.9 Å². The van der Waals surface area contributed by atoms with Crippen molar-refractivity contribution in [2.45, 2.75) is 30.8 Å². The maximum atomic E-state index is 13.4. The summed E-state index contributed by atoms with van der Waals surface area (Å²) in [7, 11) is 2.80. The largest absolute Gasteiger partial charge is 0.481 e. The van der Waals surface area contributed by atoms with Gasteiger partial charge in [0.15, 0.2) is 5.60 Å². The molecule has 4 rings (SSSR count). The van der Waals surface area contributed by atoms with Crippen molar-refractivity contribution in [3.05, 3.63) is 82.2 Å². The summed E-state index contributed by atoms with van der Waals surface area (Å²) < 4.78 is 85.6. The highest BCUT2D eigenvalue weighted by Gasteiger charge is 2.40. The maximum Gasteiger partial charge on any atom is 0.433 e. The van der Waals surface area contributed by atoms with E-state index in [2.05, 4.69) is 15.0 Å². The van der Waals surface area contributed by atoms with Gasteiger partial charge in [-0.05, 0) is 41.8 Å². The number of hydrogen-bond donors (Lipinski definition) is 1. The molecule has 0 amide bonds. The van der Waals surface area contributed by atoms with Crippen LogP contribution in [0, 0.1) is 0 Å². The molecule has 37 heavy (non-hydrogen) atoms. The Morgan fingerprint density at radius 3 is 2.35 bits per heavy atom. The average molecular weight is 545 g/mol. The van der Waals surface area contributed by atoms with Gasteiger partial charge in [-0.3, -0.25) is 4.98 Å². The van der Waals surface area contributed by atoms with Crippen LogP contribution in [0.2, 0.25) is 5.02 Å². The summed E-state index contributed by atoms with van der Waals surface area (Å²) in [6, 6.07) is 6.21. The molecule has 0 saturated heterocycles. The zero-order valence-electron chi connectivity index (χ0n) is 19.3. The first kappa shape index (κ1) is 26.7. The third kappa shape index (κ3) is 5.08. The lowest BCUT2D eigenvalue weighted by molar-refractivity contribution is -0.141. The number of benzene rings is 1. The smallest absolute Gasteiger partial charge is 0.433 e. The first-order valence-corrected chi connectivity index (χ1v) is 11.1. The topological polar surface area (TPSA) is 73.1 Å². The lowest BCUT2D eigenvalue weighted by atomic mass is 9.83. The number of rotatable bonds is 6. The van der Waals surface area contributed by atoms with Crippen LogP contribution in [-0.4, -0.2) is 37.9 Å². The van der Waals surface area contributed by atoms with Crippen LogP contribution < -0.4 is 4.74 Å². The quantitative estimate of drug-likeness (QED) is 0.310. The Morgan fingerprint density at radius 2 is 1.76 bits per heavy atom. The van der Waals surface area contributed by atoms with Gasteiger partial charge >= 0.3 is 12.4 Å². The lowest BCUT2D eigenvalue weighted by Gasteiger charge is -2.30. The summed E-state index contributed by atoms with van der Waals surface area (Å²) in [5, 5.41) is 12.1. The van der Waals surface area contributed by atoms with Gasteiger partial charge in [0.1, 0.15) is 5.69 Å². The summed E-state index contributed by atoms with van der Waals surface area (Å²) in [6.07, 6.45) is -7.33. The predicted octanol–water partition coefficient (Wildman–Crippen LogP) is 5.82. The van der Waals surface area contributed by atoms with Crippen molar-refractivity contribution in [1.29, 1.82) is 0 Å². The van der Waals surface area contributed by atoms with Crippen molar-refractivity contribution in [3.63, 3.8) is 0 Å². The fraction of sp³-hybridized carbons (Fsp3) is 0.292. The van der Waals surface area contributed by atoms with Gasteiger partial charge in [0, 0.05) is 30.6 Å². The number of alkyl halides is 6. The molecule has 0 fully saturated rings. The van der Waals surface area contributed by atoms with Crippen LogP contribution in [0.3, 0.4) is 0 Å². The number of aryl methyl sites for hydroxylation is 1. The highest BCUT2D eigenvalue weighted by Crippen LogP contribution is 2.42. The van der Waals surface area contributed by atoms with Crippen molar-refractivity contribution in [2.24, 2.45) is 7.05 Å². The third-order valence-corrected chi connectivity index (χ3v) is 6.33. The number of aromatic nitrogens is 4. The van der Waals surface area contributed by atoms with Crippen LogP contribution in [0.5, 0.6) is 5.88 Å². The summed E-state index contributed by atoms with van der Waals surface area (Å²) in [4.78, 5) is 11.6. The molecule has 4 aromatic rings. The number of imidazole rings is 1. The molecule has 13 heteroatoms. The first-order valence-electron chi connectivity index (χ1n) is 10.7. The number of hydrogen-bond acceptors (Lipinski definition) is 5. The molecule has 0 aliphatic carbocycles. The van der Waals surface area contributed by atoms with Gasteiger partial charge in [-0.1, -0.05) is 17.7 Å². The van der Waals surface area contributed by atoms with E-state index in [-0.39, 0.29) is 44.2 Å². The number of halogens is 7. The summed E-state index contributed by atoms with van der Waals surface area (Å²) in [5.74, 6) is -0.0830. The zero-order valence-corrected chi connectivity index (χ0v) is 20.1. The van der Waals surface area contributed by atoms with Crippen LogP contribution >= 0.6 is 11.6 Å². The molecule has 0 aliphatic rings. The van der Waals surface area contributed by atoms with E-state index >= 15 is 0 Å². The van der Waals surface area contributed by atoms with Crippen LogP contribution in [-0.2, 0) is 25.2 Å². The monoisotopic (exact) mass is 544 g/mol. The van der Waals surface area contributed by atoms with Crippen molar-refractivity contribution in [3.8, 4) is 5.88 Å². The first-order chi connectivity index (χ1) is 17.3. The number of fused-ring (bicyclic) bond motifs is 1. The minimum absolute atomic E-state index is 0.0125. The molecular weight excluding hydrogens is 526 g/mol. The molecule has 0 bridgehead atoms. The molecule has 1 aromatic carbocycles. The van der Waals surface area contributed by atoms with E-state index in [9.17, 15) is 31.4 Å². The highest BCUT2D eigenvalue weighted by atomic mass is 35.5. The Morgan fingerprint density at radius 1 is 1.05 bits per heavy atom. The molecule has 0 saturated carbocycles. The molecule has 6 nitrogen and oxygen atoms in total. The van der Waals surface area contributed by atoms with E-state index in [1.165, 1.54) is 48.5 Å². The summed E-state index contributed by atoms with van der Waals surface area (Å²) >= 11 is 6.52. The maximum absolute atomic E-state index is 13.4. The van der Waals surface area contributed by atoms with Crippen LogP contribution in [0.15, 0.2) is 49.1 Å². The van der Waals surface area contributed by atoms with Gasteiger partial charge in [-0.15, -0.1) is 0 Å². The Hall–Kier alpha value is -3.38. The Balaban J connectivity index is 1.96. The second-order valence-electron chi connectivity index (χ2n) is 8.29. The number of methoxy groups -OCH3 is 1. The summed E-state index contributed by atoms with van der Waals surface area (Å²) in [6.45, 7) is 0. The summed E-state index contributed by atoms with van der Waals surface area (Å²) in [5.41, 5.74) is -3.08. The molecule has 0 spiro atoms. The number of ether oxygens (including phenoxy) is 1. The lowest BCUT2D eigenvalue weighted by Crippen LogP contribution is -2.31. The fourth-order valence-electron chi connectivity index (χ4n) is 4.10. The van der Waals surface area contributed by atoms with Crippen molar-refractivity contribution in [1.82, 2.24) is 19.5 Å². The van der Waals surface area contributed by atoms with Crippen LogP contribution in [0.25, 0.3) is 10.9 Å². The second-order valence-corrected chi connectivity index (χ2v) is 8.67. The molecule has 0 radical (unpaired) electrons. The minimum atomic E-state index is -4.77. The molecule has 3 aromatic heterocycles. The van der Waals surface area contributed by atoms with Crippen LogP contribution in [0.1, 0.15) is 34.5 Å². The Bertz CT molecular complexity index is 1450.